The highest BCUT2D eigenvalue weighted by molar-refractivity contribution is 4.71. The van der Waals surface area contributed by atoms with Crippen molar-refractivity contribution in [1.82, 2.24) is 15.5 Å². The lowest BCUT2D eigenvalue weighted by Gasteiger charge is -2.27. The molecule has 0 heterocycles. The van der Waals surface area contributed by atoms with E-state index in [9.17, 15) is 10.2 Å². The van der Waals surface area contributed by atoms with Gasteiger partial charge in [0.2, 0.25) is 0 Å². The first kappa shape index (κ1) is 39.8. The van der Waals surface area contributed by atoms with Crippen molar-refractivity contribution in [3.8, 4) is 0 Å². The fourth-order valence-electron chi connectivity index (χ4n) is 5.54. The molecule has 0 saturated heterocycles. The van der Waals surface area contributed by atoms with Crippen molar-refractivity contribution >= 4 is 0 Å². The number of rotatable bonds is 34. The van der Waals surface area contributed by atoms with Gasteiger partial charge in [-0.1, -0.05) is 142 Å². The minimum atomic E-state index is -0.301. The third kappa shape index (κ3) is 30.7. The molecule has 6 N–H and O–H groups in total. The molecule has 0 spiro atoms. The molecular weight excluding hydrogens is 496 g/mol. The van der Waals surface area contributed by atoms with Gasteiger partial charge in [0.15, 0.2) is 0 Å². The highest BCUT2D eigenvalue weighted by atomic mass is 16.3. The number of aliphatic hydroxyl groups is 2. The van der Waals surface area contributed by atoms with Gasteiger partial charge in [-0.2, -0.15) is 0 Å². The summed E-state index contributed by atoms with van der Waals surface area (Å²) in [5, 5.41) is 28.3. The van der Waals surface area contributed by atoms with Crippen LogP contribution in [0.25, 0.3) is 0 Å². The number of nitrogens with two attached hydrogens (primary N) is 1. The van der Waals surface area contributed by atoms with E-state index in [1.807, 2.05) is 0 Å². The molecule has 0 fully saturated rings. The van der Waals surface area contributed by atoms with E-state index in [0.717, 1.165) is 58.4 Å². The van der Waals surface area contributed by atoms with Crippen LogP contribution in [0.1, 0.15) is 155 Å². The van der Waals surface area contributed by atoms with E-state index in [1.165, 1.54) is 116 Å². The summed E-state index contributed by atoms with van der Waals surface area (Å²) < 4.78 is 0. The molecule has 0 radical (unpaired) electrons. The minimum absolute atomic E-state index is 0.301. The van der Waals surface area contributed by atoms with Gasteiger partial charge in [0.05, 0.1) is 12.2 Å². The van der Waals surface area contributed by atoms with Gasteiger partial charge in [0.25, 0.3) is 0 Å². The molecule has 2 unspecified atom stereocenters. The maximum atomic E-state index is 10.8. The topological polar surface area (TPSA) is 93.8 Å². The SMILES string of the molecule is CCCCCCCCCCCCC(O)CN(CCNCCNCCN)CC(O)CCCCCCCCCCCC. The third-order valence-corrected chi connectivity index (χ3v) is 8.12. The Labute approximate surface area is 251 Å². The van der Waals surface area contributed by atoms with Crippen LogP contribution in [0.3, 0.4) is 0 Å². The van der Waals surface area contributed by atoms with Crippen molar-refractivity contribution in [2.75, 3.05) is 52.4 Å². The lowest BCUT2D eigenvalue weighted by atomic mass is 10.0. The molecule has 0 saturated carbocycles. The van der Waals surface area contributed by atoms with E-state index in [1.54, 1.807) is 0 Å². The molecule has 0 rings (SSSR count). The molecule has 6 heteroatoms. The first-order valence-electron chi connectivity index (χ1n) is 17.8. The lowest BCUT2D eigenvalue weighted by Crippen LogP contribution is -2.42. The van der Waals surface area contributed by atoms with Crippen LogP contribution in [0.15, 0.2) is 0 Å². The van der Waals surface area contributed by atoms with E-state index < -0.39 is 0 Å². The summed E-state index contributed by atoms with van der Waals surface area (Å²) >= 11 is 0. The molecule has 0 bridgehead atoms. The van der Waals surface area contributed by atoms with Crippen molar-refractivity contribution < 1.29 is 10.2 Å². The van der Waals surface area contributed by atoms with Gasteiger partial charge in [-0.05, 0) is 12.8 Å². The quantitative estimate of drug-likeness (QED) is 0.0548. The molecule has 6 nitrogen and oxygen atoms in total. The second-order valence-corrected chi connectivity index (χ2v) is 12.3. The molecule has 0 aliphatic rings. The van der Waals surface area contributed by atoms with E-state index in [-0.39, 0.29) is 12.2 Å². The van der Waals surface area contributed by atoms with Gasteiger partial charge in [-0.25, -0.2) is 0 Å². The lowest BCUT2D eigenvalue weighted by molar-refractivity contribution is 0.0611. The summed E-state index contributed by atoms with van der Waals surface area (Å²) in [6.45, 7) is 11.0. The Morgan fingerprint density at radius 1 is 0.500 bits per heavy atom. The molecule has 0 aliphatic heterocycles. The molecule has 2 atom stereocenters. The standard InChI is InChI=1S/C34H74N4O2/c1-3-5-7-9-11-13-15-17-19-21-23-33(39)31-38(30-29-37-28-27-36-26-25-35)32-34(40)24-22-20-18-16-14-12-10-8-6-4-2/h33-34,36-37,39-40H,3-32,35H2,1-2H3. The van der Waals surface area contributed by atoms with Gasteiger partial charge in [0, 0.05) is 52.4 Å². The van der Waals surface area contributed by atoms with Gasteiger partial charge >= 0.3 is 0 Å². The number of nitrogens with one attached hydrogen (secondary N) is 2. The second kappa shape index (κ2) is 33.3. The molecule has 0 aliphatic carbocycles. The maximum Gasteiger partial charge on any atom is 0.0667 e. The van der Waals surface area contributed by atoms with Crippen LogP contribution in [-0.4, -0.2) is 79.7 Å². The average Bonchev–Trinajstić information content (AvgIpc) is 2.94. The molecular formula is C34H74N4O2. The first-order valence-corrected chi connectivity index (χ1v) is 17.8. The molecule has 0 amide bonds. The van der Waals surface area contributed by atoms with Crippen molar-refractivity contribution in [2.24, 2.45) is 5.73 Å². The Morgan fingerprint density at radius 3 is 1.23 bits per heavy atom. The summed E-state index contributed by atoms with van der Waals surface area (Å²) in [6, 6.07) is 0. The van der Waals surface area contributed by atoms with Gasteiger partial charge in [-0.15, -0.1) is 0 Å². The fraction of sp³-hybridized carbons (Fsp3) is 1.00. The van der Waals surface area contributed by atoms with Crippen LogP contribution in [0.4, 0.5) is 0 Å². The zero-order chi connectivity index (χ0) is 29.4. The number of aliphatic hydroxyl groups excluding tert-OH is 2. The third-order valence-electron chi connectivity index (χ3n) is 8.12. The smallest absolute Gasteiger partial charge is 0.0667 e. The predicted octanol–water partition coefficient (Wildman–Crippen LogP) is 6.77. The second-order valence-electron chi connectivity index (χ2n) is 12.3. The molecule has 242 valence electrons. The van der Waals surface area contributed by atoms with Gasteiger partial charge in [0.1, 0.15) is 0 Å². The zero-order valence-electron chi connectivity index (χ0n) is 27.3. The van der Waals surface area contributed by atoms with Crippen LogP contribution >= 0.6 is 0 Å². The Morgan fingerprint density at radius 2 is 0.850 bits per heavy atom. The Kier molecular flexibility index (Phi) is 33.1. The first-order chi connectivity index (χ1) is 19.6. The van der Waals surface area contributed by atoms with Crippen molar-refractivity contribution in [1.29, 1.82) is 0 Å². The summed E-state index contributed by atoms with van der Waals surface area (Å²) in [5.74, 6) is 0. The monoisotopic (exact) mass is 571 g/mol. The maximum absolute atomic E-state index is 10.8. The van der Waals surface area contributed by atoms with Crippen molar-refractivity contribution in [3.05, 3.63) is 0 Å². The fourth-order valence-corrected chi connectivity index (χ4v) is 5.54. The minimum Gasteiger partial charge on any atom is -0.392 e. The van der Waals surface area contributed by atoms with Gasteiger partial charge in [-0.3, -0.25) is 4.90 Å². The predicted molar refractivity (Wildman–Crippen MR) is 176 cm³/mol. The van der Waals surface area contributed by atoms with E-state index in [0.29, 0.717) is 19.6 Å². The Balaban J connectivity index is 4.13. The van der Waals surface area contributed by atoms with Crippen LogP contribution in [-0.2, 0) is 0 Å². The largest absolute Gasteiger partial charge is 0.392 e. The van der Waals surface area contributed by atoms with Gasteiger partial charge < -0.3 is 26.6 Å². The summed E-state index contributed by atoms with van der Waals surface area (Å²) in [6.07, 6.45) is 27.6. The number of hydrogen-bond donors (Lipinski definition) is 5. The molecule has 0 aromatic rings. The molecule has 0 aromatic heterocycles. The van der Waals surface area contributed by atoms with E-state index in [4.69, 9.17) is 5.73 Å². The average molecular weight is 571 g/mol. The van der Waals surface area contributed by atoms with Crippen LogP contribution in [0.2, 0.25) is 0 Å². The molecule has 0 aromatic carbocycles. The van der Waals surface area contributed by atoms with Crippen LogP contribution in [0, 0.1) is 0 Å². The zero-order valence-corrected chi connectivity index (χ0v) is 27.3. The summed E-state index contributed by atoms with van der Waals surface area (Å²) in [5.41, 5.74) is 5.54. The summed E-state index contributed by atoms with van der Waals surface area (Å²) in [7, 11) is 0. The van der Waals surface area contributed by atoms with E-state index >= 15 is 0 Å². The highest BCUT2D eigenvalue weighted by Gasteiger charge is 2.15. The van der Waals surface area contributed by atoms with Crippen LogP contribution < -0.4 is 16.4 Å². The van der Waals surface area contributed by atoms with Crippen molar-refractivity contribution in [2.45, 2.75) is 167 Å². The van der Waals surface area contributed by atoms with Crippen LogP contribution in [0.5, 0.6) is 0 Å². The Hall–Kier alpha value is -0.240. The Bertz CT molecular complexity index is 437. The summed E-state index contributed by atoms with van der Waals surface area (Å²) in [4.78, 5) is 2.28. The molecule has 40 heavy (non-hydrogen) atoms. The number of unbranched alkanes of at least 4 members (excludes halogenated alkanes) is 18. The highest BCUT2D eigenvalue weighted by Crippen LogP contribution is 2.14. The number of nitrogens with zero attached hydrogens (tertiary/aromatic N) is 1. The van der Waals surface area contributed by atoms with Crippen molar-refractivity contribution in [3.63, 3.8) is 0 Å². The number of hydrogen-bond acceptors (Lipinski definition) is 6. The van der Waals surface area contributed by atoms with E-state index in [2.05, 4.69) is 29.4 Å². The normalized spacial score (nSPS) is 13.3.